The van der Waals surface area contributed by atoms with Crippen LogP contribution in [0.3, 0.4) is 0 Å². The molecule has 1 amide bonds. The first kappa shape index (κ1) is 13.3. The monoisotopic (exact) mass is 228 g/mol. The van der Waals surface area contributed by atoms with Crippen LogP contribution in [0.15, 0.2) is 0 Å². The highest BCUT2D eigenvalue weighted by molar-refractivity contribution is 5.65. The average molecular weight is 228 g/mol. The van der Waals surface area contributed by atoms with Crippen molar-refractivity contribution in [3.8, 4) is 0 Å². The van der Waals surface area contributed by atoms with Crippen LogP contribution in [0.5, 0.6) is 0 Å². The summed E-state index contributed by atoms with van der Waals surface area (Å²) in [5.74, 6) is 0.602. The summed E-state index contributed by atoms with van der Waals surface area (Å²) in [6.45, 7) is 6.02. The van der Waals surface area contributed by atoms with Gasteiger partial charge in [0, 0.05) is 6.54 Å². The second-order valence-corrected chi connectivity index (χ2v) is 5.30. The van der Waals surface area contributed by atoms with Crippen LogP contribution >= 0.6 is 0 Å². The summed E-state index contributed by atoms with van der Waals surface area (Å²) in [5.41, 5.74) is -0.223. The van der Waals surface area contributed by atoms with Crippen LogP contribution in [-0.2, 0) is 0 Å². The van der Waals surface area contributed by atoms with E-state index in [0.717, 1.165) is 38.8 Å². The van der Waals surface area contributed by atoms with Crippen LogP contribution in [-0.4, -0.2) is 29.8 Å². The molecule has 0 saturated heterocycles. The molecule has 0 aromatic rings. The van der Waals surface area contributed by atoms with Crippen LogP contribution in [0.1, 0.15) is 46.0 Å². The van der Waals surface area contributed by atoms with Crippen molar-refractivity contribution in [1.29, 1.82) is 0 Å². The predicted molar refractivity (Wildman–Crippen MR) is 64.7 cm³/mol. The van der Waals surface area contributed by atoms with Gasteiger partial charge in [-0.2, -0.15) is 0 Å². The highest BCUT2D eigenvalue weighted by Gasteiger charge is 2.33. The van der Waals surface area contributed by atoms with Crippen molar-refractivity contribution >= 4 is 6.09 Å². The van der Waals surface area contributed by atoms with Gasteiger partial charge in [-0.1, -0.05) is 33.1 Å². The molecule has 1 saturated carbocycles. The summed E-state index contributed by atoms with van der Waals surface area (Å²) in [6, 6.07) is 0. The smallest absolute Gasteiger partial charge is 0.405 e. The number of carbonyl (C=O) groups is 1. The molecule has 94 valence electrons. The predicted octanol–water partition coefficient (Wildman–Crippen LogP) is 2.20. The first-order valence-electron chi connectivity index (χ1n) is 6.26. The molecule has 0 aliphatic heterocycles. The molecular weight excluding hydrogens is 204 g/mol. The second kappa shape index (κ2) is 6.09. The van der Waals surface area contributed by atoms with Gasteiger partial charge < -0.3 is 15.7 Å². The van der Waals surface area contributed by atoms with Crippen LogP contribution in [0, 0.1) is 5.92 Å². The largest absolute Gasteiger partial charge is 0.465 e. The maximum atomic E-state index is 10.8. The van der Waals surface area contributed by atoms with Gasteiger partial charge in [0.25, 0.3) is 0 Å². The molecule has 1 rings (SSSR count). The Bertz CT molecular complexity index is 223. The fourth-order valence-corrected chi connectivity index (χ4v) is 2.40. The summed E-state index contributed by atoms with van der Waals surface area (Å²) in [4.78, 5) is 10.8. The molecule has 4 nitrogen and oxygen atoms in total. The molecule has 0 atom stereocenters. The van der Waals surface area contributed by atoms with Gasteiger partial charge in [0.15, 0.2) is 0 Å². The van der Waals surface area contributed by atoms with Crippen LogP contribution in [0.2, 0.25) is 0 Å². The van der Waals surface area contributed by atoms with Crippen LogP contribution in [0.25, 0.3) is 0 Å². The lowest BCUT2D eigenvalue weighted by Crippen LogP contribution is -2.55. The Morgan fingerprint density at radius 3 is 2.44 bits per heavy atom. The zero-order valence-corrected chi connectivity index (χ0v) is 10.4. The van der Waals surface area contributed by atoms with Crippen molar-refractivity contribution in [3.05, 3.63) is 0 Å². The first-order chi connectivity index (χ1) is 7.54. The maximum Gasteiger partial charge on any atom is 0.405 e. The van der Waals surface area contributed by atoms with E-state index in [-0.39, 0.29) is 5.54 Å². The number of carboxylic acid groups (broad SMARTS) is 1. The first-order valence-corrected chi connectivity index (χ1v) is 6.26. The molecular formula is C12H24N2O2. The quantitative estimate of drug-likeness (QED) is 0.676. The SMILES string of the molecule is CC(C)CNCC1(NC(=O)O)CCCCC1. The molecule has 0 unspecified atom stereocenters. The number of hydrogen-bond donors (Lipinski definition) is 3. The number of rotatable bonds is 5. The summed E-state index contributed by atoms with van der Waals surface area (Å²) in [7, 11) is 0. The molecule has 3 N–H and O–H groups in total. The summed E-state index contributed by atoms with van der Waals surface area (Å²) in [5, 5.41) is 15.0. The van der Waals surface area contributed by atoms with Gasteiger partial charge in [-0.05, 0) is 25.3 Å². The van der Waals surface area contributed by atoms with Crippen molar-refractivity contribution in [2.24, 2.45) is 5.92 Å². The van der Waals surface area contributed by atoms with Gasteiger partial charge in [0.1, 0.15) is 0 Å². The van der Waals surface area contributed by atoms with E-state index in [9.17, 15) is 4.79 Å². The van der Waals surface area contributed by atoms with Crippen molar-refractivity contribution in [2.75, 3.05) is 13.1 Å². The van der Waals surface area contributed by atoms with E-state index in [1.807, 2.05) is 0 Å². The van der Waals surface area contributed by atoms with E-state index in [2.05, 4.69) is 24.5 Å². The van der Waals surface area contributed by atoms with Crippen molar-refractivity contribution in [2.45, 2.75) is 51.5 Å². The summed E-state index contributed by atoms with van der Waals surface area (Å²) < 4.78 is 0. The maximum absolute atomic E-state index is 10.8. The number of hydrogen-bond acceptors (Lipinski definition) is 2. The molecule has 1 fully saturated rings. The highest BCUT2D eigenvalue weighted by Crippen LogP contribution is 2.27. The molecule has 4 heteroatoms. The Kier molecular flexibility index (Phi) is 5.06. The lowest BCUT2D eigenvalue weighted by atomic mass is 9.81. The van der Waals surface area contributed by atoms with E-state index < -0.39 is 6.09 Å². The van der Waals surface area contributed by atoms with Gasteiger partial charge in [0.05, 0.1) is 5.54 Å². The Labute approximate surface area is 97.8 Å². The van der Waals surface area contributed by atoms with Crippen molar-refractivity contribution in [3.63, 3.8) is 0 Å². The minimum absolute atomic E-state index is 0.223. The molecule has 0 heterocycles. The van der Waals surface area contributed by atoms with Gasteiger partial charge in [-0.25, -0.2) is 4.79 Å². The molecule has 0 radical (unpaired) electrons. The van der Waals surface area contributed by atoms with E-state index in [0.29, 0.717) is 5.92 Å². The average Bonchev–Trinajstić information content (AvgIpc) is 2.17. The normalized spacial score (nSPS) is 19.7. The van der Waals surface area contributed by atoms with Gasteiger partial charge >= 0.3 is 6.09 Å². The lowest BCUT2D eigenvalue weighted by molar-refractivity contribution is 0.160. The summed E-state index contributed by atoms with van der Waals surface area (Å²) >= 11 is 0. The lowest BCUT2D eigenvalue weighted by Gasteiger charge is -2.37. The van der Waals surface area contributed by atoms with Crippen LogP contribution < -0.4 is 10.6 Å². The number of amides is 1. The third-order valence-corrected chi connectivity index (χ3v) is 3.20. The Morgan fingerprint density at radius 2 is 1.94 bits per heavy atom. The van der Waals surface area contributed by atoms with E-state index in [1.165, 1.54) is 6.42 Å². The standard InChI is InChI=1S/C12H24N2O2/c1-10(2)8-13-9-12(14-11(15)16)6-4-3-5-7-12/h10,13-14H,3-9H2,1-2H3,(H,15,16). The minimum Gasteiger partial charge on any atom is -0.465 e. The minimum atomic E-state index is -0.895. The zero-order chi connectivity index (χ0) is 12.0. The Morgan fingerprint density at radius 1 is 1.31 bits per heavy atom. The summed E-state index contributed by atoms with van der Waals surface area (Å²) in [6.07, 6.45) is 4.52. The molecule has 0 spiro atoms. The molecule has 0 aromatic heterocycles. The van der Waals surface area contributed by atoms with Gasteiger partial charge in [0.2, 0.25) is 0 Å². The molecule has 0 aromatic carbocycles. The molecule has 1 aliphatic carbocycles. The molecule has 0 bridgehead atoms. The fourth-order valence-electron chi connectivity index (χ4n) is 2.40. The highest BCUT2D eigenvalue weighted by atomic mass is 16.4. The molecule has 16 heavy (non-hydrogen) atoms. The second-order valence-electron chi connectivity index (χ2n) is 5.30. The Hall–Kier alpha value is -0.770. The van der Waals surface area contributed by atoms with E-state index >= 15 is 0 Å². The van der Waals surface area contributed by atoms with Gasteiger partial charge in [-0.15, -0.1) is 0 Å². The number of nitrogens with one attached hydrogen (secondary N) is 2. The van der Waals surface area contributed by atoms with E-state index in [1.54, 1.807) is 0 Å². The van der Waals surface area contributed by atoms with Crippen LogP contribution in [0.4, 0.5) is 4.79 Å². The molecule has 1 aliphatic rings. The zero-order valence-electron chi connectivity index (χ0n) is 10.4. The van der Waals surface area contributed by atoms with Gasteiger partial charge in [-0.3, -0.25) is 0 Å². The fraction of sp³-hybridized carbons (Fsp3) is 0.917. The third kappa shape index (κ3) is 4.39. The third-order valence-electron chi connectivity index (χ3n) is 3.20. The Balaban J connectivity index is 2.45. The van der Waals surface area contributed by atoms with Crippen molar-refractivity contribution in [1.82, 2.24) is 10.6 Å². The van der Waals surface area contributed by atoms with Crippen molar-refractivity contribution < 1.29 is 9.90 Å². The van der Waals surface area contributed by atoms with E-state index in [4.69, 9.17) is 5.11 Å². The topological polar surface area (TPSA) is 61.4 Å².